The Morgan fingerprint density at radius 3 is 1.89 bits per heavy atom. The van der Waals surface area contributed by atoms with Gasteiger partial charge in [-0.3, -0.25) is 33.9 Å². The number of carbonyl (C=O) groups excluding carboxylic acids is 4. The van der Waals surface area contributed by atoms with Gasteiger partial charge in [0.15, 0.2) is 0 Å². The third-order valence-corrected chi connectivity index (χ3v) is 4.58. The van der Waals surface area contributed by atoms with E-state index in [1.807, 2.05) is 0 Å². The average molecular weight is 377 g/mol. The minimum absolute atomic E-state index is 0.240. The molecule has 148 valence electrons. The van der Waals surface area contributed by atoms with Gasteiger partial charge in [-0.1, -0.05) is 0 Å². The number of nitrogens with one attached hydrogen (secondary N) is 1. The Labute approximate surface area is 158 Å². The van der Waals surface area contributed by atoms with Gasteiger partial charge in [0.1, 0.15) is 0 Å². The fraction of sp³-hybridized carbons (Fsp3) is 0.556. The first-order valence-electron chi connectivity index (χ1n) is 9.06. The summed E-state index contributed by atoms with van der Waals surface area (Å²) in [7, 11) is 0. The van der Waals surface area contributed by atoms with Crippen LogP contribution in [0.1, 0.15) is 13.8 Å². The van der Waals surface area contributed by atoms with E-state index in [9.17, 15) is 19.2 Å². The van der Waals surface area contributed by atoms with Crippen molar-refractivity contribution < 1.29 is 19.2 Å². The maximum absolute atomic E-state index is 11.9. The summed E-state index contributed by atoms with van der Waals surface area (Å²) in [5.74, 6) is -1.02. The van der Waals surface area contributed by atoms with Crippen LogP contribution in [-0.4, -0.2) is 90.7 Å². The molecule has 0 aromatic heterocycles. The Kier molecular flexibility index (Phi) is 7.40. The van der Waals surface area contributed by atoms with E-state index in [1.165, 1.54) is 22.0 Å². The first kappa shape index (κ1) is 20.9. The van der Waals surface area contributed by atoms with Crippen LogP contribution in [0.25, 0.3) is 0 Å². The molecule has 0 bridgehead atoms. The number of hydrogen-bond donors (Lipinski definition) is 2. The molecule has 27 heavy (non-hydrogen) atoms. The van der Waals surface area contributed by atoms with Crippen molar-refractivity contribution >= 4 is 23.6 Å². The first-order chi connectivity index (χ1) is 12.8. The average Bonchev–Trinajstić information content (AvgIpc) is 3.00. The van der Waals surface area contributed by atoms with Crippen molar-refractivity contribution in [3.8, 4) is 0 Å². The fourth-order valence-electron chi connectivity index (χ4n) is 3.01. The Bertz CT molecular complexity index is 685. The highest BCUT2D eigenvalue weighted by Crippen LogP contribution is 2.12. The van der Waals surface area contributed by atoms with Crippen molar-refractivity contribution in [2.45, 2.75) is 13.8 Å². The molecule has 0 fully saturated rings. The van der Waals surface area contributed by atoms with Crippen molar-refractivity contribution in [3.63, 3.8) is 0 Å². The van der Waals surface area contributed by atoms with E-state index >= 15 is 0 Å². The van der Waals surface area contributed by atoms with Crippen LogP contribution in [0.3, 0.4) is 0 Å². The van der Waals surface area contributed by atoms with E-state index in [4.69, 9.17) is 5.73 Å². The van der Waals surface area contributed by atoms with E-state index < -0.39 is 0 Å². The summed E-state index contributed by atoms with van der Waals surface area (Å²) in [6.07, 6.45) is 2.71. The molecular weight excluding hydrogens is 350 g/mol. The zero-order valence-corrected chi connectivity index (χ0v) is 15.9. The number of amides is 4. The molecule has 4 amide bonds. The Morgan fingerprint density at radius 2 is 1.41 bits per heavy atom. The molecule has 0 aromatic carbocycles. The lowest BCUT2D eigenvalue weighted by atomic mass is 10.3. The van der Waals surface area contributed by atoms with Gasteiger partial charge < -0.3 is 11.1 Å². The lowest BCUT2D eigenvalue weighted by Crippen LogP contribution is -2.43. The van der Waals surface area contributed by atoms with Crippen LogP contribution in [0.2, 0.25) is 0 Å². The number of imide groups is 2. The van der Waals surface area contributed by atoms with Gasteiger partial charge >= 0.3 is 0 Å². The van der Waals surface area contributed by atoms with E-state index in [1.54, 1.807) is 13.8 Å². The maximum Gasteiger partial charge on any atom is 0.256 e. The lowest BCUT2D eigenvalue weighted by molar-refractivity contribution is -0.138. The van der Waals surface area contributed by atoms with Crippen molar-refractivity contribution in [2.75, 3.05) is 52.4 Å². The van der Waals surface area contributed by atoms with E-state index in [0.29, 0.717) is 63.5 Å². The van der Waals surface area contributed by atoms with Crippen LogP contribution in [0.5, 0.6) is 0 Å². The Morgan fingerprint density at radius 1 is 0.852 bits per heavy atom. The smallest absolute Gasteiger partial charge is 0.256 e. The molecule has 9 heteroatoms. The number of nitrogens with zero attached hydrogens (tertiary/aromatic N) is 3. The zero-order chi connectivity index (χ0) is 20.0. The maximum atomic E-state index is 11.9. The van der Waals surface area contributed by atoms with Crippen LogP contribution in [0, 0.1) is 0 Å². The molecule has 0 saturated carbocycles. The van der Waals surface area contributed by atoms with Gasteiger partial charge in [0.05, 0.1) is 0 Å². The van der Waals surface area contributed by atoms with Gasteiger partial charge in [-0.15, -0.1) is 0 Å². The molecule has 2 aliphatic rings. The number of hydrogen-bond acceptors (Lipinski definition) is 7. The fourth-order valence-corrected chi connectivity index (χ4v) is 3.01. The minimum atomic E-state index is -0.271. The lowest BCUT2D eigenvalue weighted by Gasteiger charge is -2.24. The molecule has 0 radical (unpaired) electrons. The highest BCUT2D eigenvalue weighted by atomic mass is 16.2. The number of rotatable bonds is 11. The van der Waals surface area contributed by atoms with Crippen LogP contribution >= 0.6 is 0 Å². The van der Waals surface area contributed by atoms with Crippen molar-refractivity contribution in [2.24, 2.45) is 5.73 Å². The summed E-state index contributed by atoms with van der Waals surface area (Å²) in [6.45, 7) is 7.40. The van der Waals surface area contributed by atoms with Gasteiger partial charge in [-0.2, -0.15) is 0 Å². The quantitative estimate of drug-likeness (QED) is 0.331. The molecule has 0 saturated heterocycles. The molecule has 0 spiro atoms. The summed E-state index contributed by atoms with van der Waals surface area (Å²) in [5, 5.41) is 3.20. The van der Waals surface area contributed by atoms with Gasteiger partial charge in [-0.05, 0) is 13.8 Å². The van der Waals surface area contributed by atoms with Gasteiger partial charge in [0, 0.05) is 75.7 Å². The molecular formula is C18H27N5O4. The summed E-state index contributed by atoms with van der Waals surface area (Å²) < 4.78 is 0. The molecule has 9 nitrogen and oxygen atoms in total. The van der Waals surface area contributed by atoms with Gasteiger partial charge in [0.25, 0.3) is 23.6 Å². The third-order valence-electron chi connectivity index (χ3n) is 4.58. The highest BCUT2D eigenvalue weighted by molar-refractivity contribution is 6.16. The van der Waals surface area contributed by atoms with Gasteiger partial charge in [-0.25, -0.2) is 0 Å². The standard InChI is InChI=1S/C18H27N5O4/c1-13-11-15(24)22(17(13)26)8-5-20-4-7-21(6-3-19)9-10-23-16(25)12-14(2)18(23)27/h11-12,20H,3-10,19H2,1-2H3. The summed E-state index contributed by atoms with van der Waals surface area (Å²) in [6, 6.07) is 0. The molecule has 0 aromatic rings. The number of carbonyl (C=O) groups is 4. The molecule has 0 unspecified atom stereocenters. The molecule has 2 heterocycles. The van der Waals surface area contributed by atoms with Gasteiger partial charge in [0.2, 0.25) is 0 Å². The summed E-state index contributed by atoms with van der Waals surface area (Å²) >= 11 is 0. The molecule has 2 rings (SSSR count). The summed E-state index contributed by atoms with van der Waals surface area (Å²) in [5.41, 5.74) is 6.56. The zero-order valence-electron chi connectivity index (χ0n) is 15.9. The summed E-state index contributed by atoms with van der Waals surface area (Å²) in [4.78, 5) is 51.7. The third kappa shape index (κ3) is 5.31. The van der Waals surface area contributed by atoms with Crippen LogP contribution in [0.4, 0.5) is 0 Å². The SMILES string of the molecule is CC1=CC(=O)N(CCNCCN(CCN)CCN2C(=O)C=C(C)C2=O)C1=O. The number of nitrogens with two attached hydrogens (primary N) is 1. The molecule has 2 aliphatic heterocycles. The minimum Gasteiger partial charge on any atom is -0.329 e. The monoisotopic (exact) mass is 377 g/mol. The predicted octanol–water partition coefficient (Wildman–Crippen LogP) is -1.53. The highest BCUT2D eigenvalue weighted by Gasteiger charge is 2.28. The van der Waals surface area contributed by atoms with Crippen LogP contribution < -0.4 is 11.1 Å². The largest absolute Gasteiger partial charge is 0.329 e. The molecule has 3 N–H and O–H groups in total. The molecule has 0 atom stereocenters. The van der Waals surface area contributed by atoms with Crippen molar-refractivity contribution in [1.82, 2.24) is 20.0 Å². The Hall–Kier alpha value is -2.36. The second kappa shape index (κ2) is 9.54. The Balaban J connectivity index is 1.67. The van der Waals surface area contributed by atoms with Crippen molar-refractivity contribution in [3.05, 3.63) is 23.3 Å². The predicted molar refractivity (Wildman–Crippen MR) is 99.3 cm³/mol. The normalized spacial score (nSPS) is 17.5. The van der Waals surface area contributed by atoms with Crippen LogP contribution in [-0.2, 0) is 19.2 Å². The van der Waals surface area contributed by atoms with Crippen LogP contribution in [0.15, 0.2) is 23.3 Å². The second-order valence-electron chi connectivity index (χ2n) is 6.63. The topological polar surface area (TPSA) is 116 Å². The van der Waals surface area contributed by atoms with Crippen molar-refractivity contribution in [1.29, 1.82) is 0 Å². The molecule has 0 aliphatic carbocycles. The van der Waals surface area contributed by atoms with E-state index in [-0.39, 0.29) is 23.6 Å². The van der Waals surface area contributed by atoms with E-state index in [2.05, 4.69) is 10.2 Å². The second-order valence-corrected chi connectivity index (χ2v) is 6.63. The van der Waals surface area contributed by atoms with E-state index in [0.717, 1.165) is 0 Å². The first-order valence-corrected chi connectivity index (χ1v) is 9.06.